The minimum absolute atomic E-state index is 0.124. The van der Waals surface area contributed by atoms with E-state index in [0.29, 0.717) is 19.0 Å². The van der Waals surface area contributed by atoms with Gasteiger partial charge in [0, 0.05) is 13.1 Å². The molecule has 5 nitrogen and oxygen atoms in total. The minimum Gasteiger partial charge on any atom is -0.481 e. The SMILES string of the molecule is CC(C)CN(CCC#N)C(=O)[C@H]1[C@@H](C(=O)O)C1(C)C. The summed E-state index contributed by atoms with van der Waals surface area (Å²) in [5.74, 6) is -1.79. The lowest BCUT2D eigenvalue weighted by atomic mass is 10.1. The Labute approximate surface area is 114 Å². The Morgan fingerprint density at radius 2 is 1.95 bits per heavy atom. The second-order valence-electron chi connectivity index (χ2n) is 6.20. The molecule has 0 heterocycles. The lowest BCUT2D eigenvalue weighted by molar-refractivity contribution is -0.142. The number of carboxylic acids is 1. The molecule has 0 aliphatic heterocycles. The number of carbonyl (C=O) groups excluding carboxylic acids is 1. The molecule has 1 N–H and O–H groups in total. The van der Waals surface area contributed by atoms with Gasteiger partial charge in [-0.05, 0) is 11.3 Å². The molecule has 0 saturated heterocycles. The molecule has 2 atom stereocenters. The molecule has 1 rings (SSSR count). The van der Waals surface area contributed by atoms with Gasteiger partial charge in [0.1, 0.15) is 0 Å². The maximum atomic E-state index is 12.4. The van der Waals surface area contributed by atoms with Crippen molar-refractivity contribution in [2.45, 2.75) is 34.1 Å². The second-order valence-corrected chi connectivity index (χ2v) is 6.20. The smallest absolute Gasteiger partial charge is 0.307 e. The zero-order valence-electron chi connectivity index (χ0n) is 12.0. The second kappa shape index (κ2) is 5.60. The fourth-order valence-electron chi connectivity index (χ4n) is 2.67. The summed E-state index contributed by atoms with van der Waals surface area (Å²) in [6.45, 7) is 8.57. The van der Waals surface area contributed by atoms with Crippen molar-refractivity contribution in [3.8, 4) is 6.07 Å². The lowest BCUT2D eigenvalue weighted by Crippen LogP contribution is -2.37. The molecule has 5 heteroatoms. The van der Waals surface area contributed by atoms with Crippen molar-refractivity contribution in [1.82, 2.24) is 4.90 Å². The molecule has 0 spiro atoms. The zero-order valence-corrected chi connectivity index (χ0v) is 12.0. The molecular weight excluding hydrogens is 244 g/mol. The molecule has 1 aliphatic rings. The first-order chi connectivity index (χ1) is 8.73. The predicted molar refractivity (Wildman–Crippen MR) is 70.0 cm³/mol. The maximum Gasteiger partial charge on any atom is 0.307 e. The molecule has 106 valence electrons. The fourth-order valence-corrected chi connectivity index (χ4v) is 2.67. The van der Waals surface area contributed by atoms with Crippen LogP contribution < -0.4 is 0 Å². The highest BCUT2D eigenvalue weighted by Gasteiger charge is 2.66. The minimum atomic E-state index is -0.909. The first kappa shape index (κ1) is 15.5. The van der Waals surface area contributed by atoms with Crippen molar-refractivity contribution in [3.63, 3.8) is 0 Å². The van der Waals surface area contributed by atoms with Crippen LogP contribution in [0, 0.1) is 34.5 Å². The summed E-state index contributed by atoms with van der Waals surface area (Å²) >= 11 is 0. The van der Waals surface area contributed by atoms with Crippen molar-refractivity contribution < 1.29 is 14.7 Å². The summed E-state index contributed by atoms with van der Waals surface area (Å²) in [5.41, 5.74) is -0.481. The van der Waals surface area contributed by atoms with Crippen molar-refractivity contribution in [2.75, 3.05) is 13.1 Å². The number of carboxylic acid groups (broad SMARTS) is 1. The Morgan fingerprint density at radius 1 is 1.37 bits per heavy atom. The first-order valence-electron chi connectivity index (χ1n) is 6.62. The number of carbonyl (C=O) groups is 2. The number of nitriles is 1. The van der Waals surface area contributed by atoms with Gasteiger partial charge in [-0.3, -0.25) is 9.59 Å². The average Bonchev–Trinajstić information content (AvgIpc) is 2.86. The van der Waals surface area contributed by atoms with Crippen LogP contribution in [0.15, 0.2) is 0 Å². The molecule has 0 aromatic carbocycles. The number of nitrogens with zero attached hydrogens (tertiary/aromatic N) is 2. The van der Waals surface area contributed by atoms with E-state index in [0.717, 1.165) is 0 Å². The van der Waals surface area contributed by atoms with E-state index in [-0.39, 0.29) is 12.3 Å². The van der Waals surface area contributed by atoms with Crippen LogP contribution in [0.3, 0.4) is 0 Å². The van der Waals surface area contributed by atoms with Crippen LogP contribution in [0.4, 0.5) is 0 Å². The summed E-state index contributed by atoms with van der Waals surface area (Å²) in [4.78, 5) is 25.2. The van der Waals surface area contributed by atoms with Crippen molar-refractivity contribution in [1.29, 1.82) is 5.26 Å². The third-order valence-corrected chi connectivity index (χ3v) is 3.75. The monoisotopic (exact) mass is 266 g/mol. The van der Waals surface area contributed by atoms with E-state index in [1.165, 1.54) is 0 Å². The first-order valence-corrected chi connectivity index (χ1v) is 6.62. The third-order valence-electron chi connectivity index (χ3n) is 3.75. The molecule has 0 aromatic heterocycles. The number of hydrogen-bond donors (Lipinski definition) is 1. The fraction of sp³-hybridized carbons (Fsp3) is 0.786. The summed E-state index contributed by atoms with van der Waals surface area (Å²) in [6, 6.07) is 2.03. The maximum absolute atomic E-state index is 12.4. The number of aliphatic carboxylic acids is 1. The Balaban J connectivity index is 2.78. The van der Waals surface area contributed by atoms with Crippen molar-refractivity contribution in [2.24, 2.45) is 23.2 Å². The molecular formula is C14H22N2O3. The average molecular weight is 266 g/mol. The number of hydrogen-bond acceptors (Lipinski definition) is 3. The van der Waals surface area contributed by atoms with Gasteiger partial charge in [-0.15, -0.1) is 0 Å². The molecule has 0 unspecified atom stereocenters. The van der Waals surface area contributed by atoms with Crippen LogP contribution in [0.25, 0.3) is 0 Å². The lowest BCUT2D eigenvalue weighted by Gasteiger charge is -2.24. The predicted octanol–water partition coefficient (Wildman–Crippen LogP) is 1.74. The molecule has 1 saturated carbocycles. The normalized spacial score (nSPS) is 23.8. The van der Waals surface area contributed by atoms with Crippen LogP contribution in [0.1, 0.15) is 34.1 Å². The molecule has 1 aliphatic carbocycles. The Morgan fingerprint density at radius 3 is 2.32 bits per heavy atom. The quantitative estimate of drug-likeness (QED) is 0.794. The topological polar surface area (TPSA) is 81.4 Å². The summed E-state index contributed by atoms with van der Waals surface area (Å²) in [6.07, 6.45) is 0.281. The van der Waals surface area contributed by atoms with Crippen molar-refractivity contribution >= 4 is 11.9 Å². The van der Waals surface area contributed by atoms with E-state index < -0.39 is 23.2 Å². The summed E-state index contributed by atoms with van der Waals surface area (Å²) in [5, 5.41) is 17.8. The van der Waals surface area contributed by atoms with E-state index in [9.17, 15) is 9.59 Å². The van der Waals surface area contributed by atoms with Gasteiger partial charge in [0.25, 0.3) is 0 Å². The van der Waals surface area contributed by atoms with Crippen LogP contribution in [0.5, 0.6) is 0 Å². The molecule has 19 heavy (non-hydrogen) atoms. The highest BCUT2D eigenvalue weighted by Crippen LogP contribution is 2.59. The van der Waals surface area contributed by atoms with Gasteiger partial charge < -0.3 is 10.0 Å². The molecule has 0 radical (unpaired) electrons. The van der Waals surface area contributed by atoms with Gasteiger partial charge in [0.05, 0.1) is 24.3 Å². The standard InChI is InChI=1S/C14H22N2O3/c1-9(2)8-16(7-5-6-15)12(17)10-11(13(18)19)14(10,3)4/h9-11H,5,7-8H2,1-4H3,(H,18,19)/t10-,11+/m1/s1. The molecule has 1 amide bonds. The Bertz CT molecular complexity index is 409. The largest absolute Gasteiger partial charge is 0.481 e. The summed E-state index contributed by atoms with van der Waals surface area (Å²) in [7, 11) is 0. The van der Waals surface area contributed by atoms with E-state index >= 15 is 0 Å². The van der Waals surface area contributed by atoms with Gasteiger partial charge in [-0.1, -0.05) is 27.7 Å². The van der Waals surface area contributed by atoms with Gasteiger partial charge >= 0.3 is 5.97 Å². The Kier molecular flexibility index (Phi) is 4.56. The number of amides is 1. The highest BCUT2D eigenvalue weighted by molar-refractivity contribution is 5.91. The van der Waals surface area contributed by atoms with Gasteiger partial charge in [0.2, 0.25) is 5.91 Å². The molecule has 0 aromatic rings. The van der Waals surface area contributed by atoms with Crippen LogP contribution >= 0.6 is 0 Å². The zero-order chi connectivity index (χ0) is 14.8. The van der Waals surface area contributed by atoms with Gasteiger partial charge in [-0.25, -0.2) is 0 Å². The Hall–Kier alpha value is -1.57. The molecule has 1 fully saturated rings. The highest BCUT2D eigenvalue weighted by atomic mass is 16.4. The van der Waals surface area contributed by atoms with E-state index in [2.05, 4.69) is 0 Å². The van der Waals surface area contributed by atoms with Crippen LogP contribution in [-0.2, 0) is 9.59 Å². The summed E-state index contributed by atoms with van der Waals surface area (Å²) < 4.78 is 0. The third kappa shape index (κ3) is 3.25. The van der Waals surface area contributed by atoms with E-state index in [1.54, 1.807) is 4.90 Å². The van der Waals surface area contributed by atoms with Gasteiger partial charge in [-0.2, -0.15) is 5.26 Å². The van der Waals surface area contributed by atoms with Gasteiger partial charge in [0.15, 0.2) is 0 Å². The number of rotatable bonds is 6. The van der Waals surface area contributed by atoms with Crippen LogP contribution in [-0.4, -0.2) is 35.0 Å². The van der Waals surface area contributed by atoms with Crippen molar-refractivity contribution in [3.05, 3.63) is 0 Å². The van der Waals surface area contributed by atoms with Crippen LogP contribution in [0.2, 0.25) is 0 Å². The van der Waals surface area contributed by atoms with E-state index in [4.69, 9.17) is 10.4 Å². The molecule has 0 bridgehead atoms. The van der Waals surface area contributed by atoms with E-state index in [1.807, 2.05) is 33.8 Å².